The standard InChI is InChI=1S/C11H14BrN3O/c1-6(7-2-3-7)15-11(16)9-4-8(12)5-14-10(9)13/h4-7H,2-3H2,1H3,(H2,13,14)(H,15,16). The van der Waals surface area contributed by atoms with Gasteiger partial charge in [0.05, 0.1) is 5.56 Å². The largest absolute Gasteiger partial charge is 0.383 e. The number of anilines is 1. The van der Waals surface area contributed by atoms with Gasteiger partial charge in [-0.25, -0.2) is 4.98 Å². The van der Waals surface area contributed by atoms with Gasteiger partial charge in [0.25, 0.3) is 5.91 Å². The number of nitrogens with zero attached hydrogens (tertiary/aromatic N) is 1. The van der Waals surface area contributed by atoms with Crippen molar-refractivity contribution in [3.05, 3.63) is 22.3 Å². The highest BCUT2D eigenvalue weighted by Gasteiger charge is 2.29. The van der Waals surface area contributed by atoms with Crippen LogP contribution in [0.2, 0.25) is 0 Å². The second kappa shape index (κ2) is 4.41. The molecule has 1 atom stereocenters. The van der Waals surface area contributed by atoms with Gasteiger partial charge in [0.1, 0.15) is 5.82 Å². The van der Waals surface area contributed by atoms with Crippen molar-refractivity contribution in [2.75, 3.05) is 5.73 Å². The number of pyridine rings is 1. The molecule has 86 valence electrons. The lowest BCUT2D eigenvalue weighted by Crippen LogP contribution is -2.34. The van der Waals surface area contributed by atoms with E-state index in [1.807, 2.05) is 6.92 Å². The number of halogens is 1. The molecule has 16 heavy (non-hydrogen) atoms. The van der Waals surface area contributed by atoms with Crippen LogP contribution in [0.5, 0.6) is 0 Å². The van der Waals surface area contributed by atoms with E-state index in [2.05, 4.69) is 26.2 Å². The van der Waals surface area contributed by atoms with Crippen LogP contribution in [0.15, 0.2) is 16.7 Å². The second-order valence-electron chi connectivity index (χ2n) is 4.19. The van der Waals surface area contributed by atoms with E-state index < -0.39 is 0 Å². The zero-order valence-corrected chi connectivity index (χ0v) is 10.6. The lowest BCUT2D eigenvalue weighted by atomic mass is 10.2. The van der Waals surface area contributed by atoms with Gasteiger partial charge in [0, 0.05) is 16.7 Å². The summed E-state index contributed by atoms with van der Waals surface area (Å²) in [5, 5.41) is 2.95. The van der Waals surface area contributed by atoms with Crippen LogP contribution in [0.3, 0.4) is 0 Å². The van der Waals surface area contributed by atoms with Crippen molar-refractivity contribution in [2.45, 2.75) is 25.8 Å². The third kappa shape index (κ3) is 2.52. The summed E-state index contributed by atoms with van der Waals surface area (Å²) in [4.78, 5) is 15.8. The first kappa shape index (κ1) is 11.4. The molecule has 1 fully saturated rings. The molecule has 1 amide bonds. The minimum Gasteiger partial charge on any atom is -0.383 e. The normalized spacial score (nSPS) is 16.9. The predicted molar refractivity (Wildman–Crippen MR) is 66.0 cm³/mol. The van der Waals surface area contributed by atoms with Gasteiger partial charge in [0.2, 0.25) is 0 Å². The van der Waals surface area contributed by atoms with Gasteiger partial charge in [-0.05, 0) is 47.7 Å². The van der Waals surface area contributed by atoms with Crippen LogP contribution in [0.4, 0.5) is 5.82 Å². The maximum Gasteiger partial charge on any atom is 0.255 e. The molecule has 5 heteroatoms. The molecule has 2 rings (SSSR count). The predicted octanol–water partition coefficient (Wildman–Crippen LogP) is 1.95. The Morgan fingerprint density at radius 3 is 3.00 bits per heavy atom. The number of carbonyl (C=O) groups excluding carboxylic acids is 1. The lowest BCUT2D eigenvalue weighted by molar-refractivity contribution is 0.0936. The van der Waals surface area contributed by atoms with Crippen molar-refractivity contribution in [3.8, 4) is 0 Å². The van der Waals surface area contributed by atoms with E-state index in [1.165, 1.54) is 12.8 Å². The molecular formula is C11H14BrN3O. The summed E-state index contributed by atoms with van der Waals surface area (Å²) in [5.74, 6) is 0.750. The van der Waals surface area contributed by atoms with Crippen LogP contribution in [-0.2, 0) is 0 Å². The van der Waals surface area contributed by atoms with Crippen molar-refractivity contribution < 1.29 is 4.79 Å². The Morgan fingerprint density at radius 2 is 2.38 bits per heavy atom. The molecule has 3 N–H and O–H groups in total. The molecule has 0 bridgehead atoms. The molecule has 1 heterocycles. The number of aromatic nitrogens is 1. The summed E-state index contributed by atoms with van der Waals surface area (Å²) < 4.78 is 0.755. The van der Waals surface area contributed by atoms with Crippen molar-refractivity contribution in [1.82, 2.24) is 10.3 Å². The molecule has 0 aliphatic heterocycles. The molecule has 0 aromatic carbocycles. The number of nitrogens with two attached hydrogens (primary N) is 1. The Bertz CT molecular complexity index is 418. The number of nitrogen functional groups attached to an aromatic ring is 1. The Kier molecular flexibility index (Phi) is 3.14. The summed E-state index contributed by atoms with van der Waals surface area (Å²) in [6, 6.07) is 1.91. The number of hydrogen-bond donors (Lipinski definition) is 2. The Labute approximate surface area is 103 Å². The minimum absolute atomic E-state index is 0.147. The topological polar surface area (TPSA) is 68.0 Å². The van der Waals surface area contributed by atoms with E-state index in [0.717, 1.165) is 4.47 Å². The number of rotatable bonds is 3. The third-order valence-electron chi connectivity index (χ3n) is 2.82. The zero-order chi connectivity index (χ0) is 11.7. The summed E-state index contributed by atoms with van der Waals surface area (Å²) in [6.45, 7) is 2.02. The minimum atomic E-state index is -0.147. The van der Waals surface area contributed by atoms with Gasteiger partial charge in [-0.1, -0.05) is 0 Å². The summed E-state index contributed by atoms with van der Waals surface area (Å²) in [5.41, 5.74) is 6.10. The lowest BCUT2D eigenvalue weighted by Gasteiger charge is -2.13. The highest BCUT2D eigenvalue weighted by atomic mass is 79.9. The van der Waals surface area contributed by atoms with Gasteiger partial charge < -0.3 is 11.1 Å². The SMILES string of the molecule is CC(NC(=O)c1cc(Br)cnc1N)C1CC1. The monoisotopic (exact) mass is 283 g/mol. The third-order valence-corrected chi connectivity index (χ3v) is 3.25. The maximum atomic E-state index is 11.9. The summed E-state index contributed by atoms with van der Waals surface area (Å²) in [7, 11) is 0. The van der Waals surface area contributed by atoms with Gasteiger partial charge in [-0.3, -0.25) is 4.79 Å². The van der Waals surface area contributed by atoms with E-state index in [1.54, 1.807) is 12.3 Å². The number of hydrogen-bond acceptors (Lipinski definition) is 3. The molecule has 1 aromatic rings. The van der Waals surface area contributed by atoms with Crippen LogP contribution in [0, 0.1) is 5.92 Å². The fourth-order valence-electron chi connectivity index (χ4n) is 1.63. The molecule has 0 spiro atoms. The van der Waals surface area contributed by atoms with Gasteiger partial charge >= 0.3 is 0 Å². The average molecular weight is 284 g/mol. The molecule has 1 saturated carbocycles. The molecule has 1 aromatic heterocycles. The van der Waals surface area contributed by atoms with E-state index in [4.69, 9.17) is 5.73 Å². The fraction of sp³-hybridized carbons (Fsp3) is 0.455. The first-order valence-corrected chi connectivity index (χ1v) is 6.09. The molecule has 0 saturated heterocycles. The van der Waals surface area contributed by atoms with Gasteiger partial charge in [0.15, 0.2) is 0 Å². The van der Waals surface area contributed by atoms with E-state index >= 15 is 0 Å². The van der Waals surface area contributed by atoms with Crippen molar-refractivity contribution in [3.63, 3.8) is 0 Å². The molecule has 4 nitrogen and oxygen atoms in total. The quantitative estimate of drug-likeness (QED) is 0.891. The van der Waals surface area contributed by atoms with Crippen LogP contribution >= 0.6 is 15.9 Å². The van der Waals surface area contributed by atoms with E-state index in [9.17, 15) is 4.79 Å². The molecule has 1 aliphatic rings. The van der Waals surface area contributed by atoms with Crippen molar-refractivity contribution in [2.24, 2.45) is 5.92 Å². The van der Waals surface area contributed by atoms with Gasteiger partial charge in [-0.15, -0.1) is 0 Å². The molecule has 0 radical (unpaired) electrons. The first-order chi connectivity index (χ1) is 7.58. The van der Waals surface area contributed by atoms with Crippen molar-refractivity contribution in [1.29, 1.82) is 0 Å². The molecule has 1 aliphatic carbocycles. The molecular weight excluding hydrogens is 270 g/mol. The average Bonchev–Trinajstić information content (AvgIpc) is 3.04. The van der Waals surface area contributed by atoms with Crippen LogP contribution in [-0.4, -0.2) is 16.9 Å². The first-order valence-electron chi connectivity index (χ1n) is 5.30. The van der Waals surface area contributed by atoms with E-state index in [-0.39, 0.29) is 17.8 Å². The highest BCUT2D eigenvalue weighted by molar-refractivity contribution is 9.10. The number of nitrogens with one attached hydrogen (secondary N) is 1. The highest BCUT2D eigenvalue weighted by Crippen LogP contribution is 2.32. The van der Waals surface area contributed by atoms with E-state index in [0.29, 0.717) is 11.5 Å². The van der Waals surface area contributed by atoms with Gasteiger partial charge in [-0.2, -0.15) is 0 Å². The van der Waals surface area contributed by atoms with Crippen LogP contribution in [0.25, 0.3) is 0 Å². The Balaban J connectivity index is 2.10. The Hall–Kier alpha value is -1.10. The summed E-state index contributed by atoms with van der Waals surface area (Å²) >= 11 is 3.27. The number of carbonyl (C=O) groups is 1. The Morgan fingerprint density at radius 1 is 1.69 bits per heavy atom. The fourth-order valence-corrected chi connectivity index (χ4v) is 1.96. The maximum absolute atomic E-state index is 11.9. The number of amides is 1. The molecule has 1 unspecified atom stereocenters. The smallest absolute Gasteiger partial charge is 0.255 e. The van der Waals surface area contributed by atoms with Crippen molar-refractivity contribution >= 4 is 27.7 Å². The summed E-state index contributed by atoms with van der Waals surface area (Å²) in [6.07, 6.45) is 3.98. The zero-order valence-electron chi connectivity index (χ0n) is 9.03. The van der Waals surface area contributed by atoms with Crippen LogP contribution < -0.4 is 11.1 Å². The second-order valence-corrected chi connectivity index (χ2v) is 5.10. The van der Waals surface area contributed by atoms with Crippen LogP contribution in [0.1, 0.15) is 30.1 Å².